The fraction of sp³-hybridized carbons (Fsp3) is 0.435. The van der Waals surface area contributed by atoms with Gasteiger partial charge in [0.15, 0.2) is 0 Å². The Morgan fingerprint density at radius 3 is 2.42 bits per heavy atom. The first-order valence-electron chi connectivity index (χ1n) is 10.7. The normalized spacial score (nSPS) is 17.5. The summed E-state index contributed by atoms with van der Waals surface area (Å²) in [5.74, 6) is -0.413. The zero-order valence-electron chi connectivity index (χ0n) is 17.8. The van der Waals surface area contributed by atoms with Gasteiger partial charge in [-0.05, 0) is 42.5 Å². The van der Waals surface area contributed by atoms with E-state index in [9.17, 15) is 17.6 Å². The number of hydrogen-bond acceptors (Lipinski definition) is 4. The number of nitrogens with zero attached hydrogens (tertiary/aromatic N) is 3. The molecule has 1 amide bonds. The van der Waals surface area contributed by atoms with Crippen LogP contribution in [0.25, 0.3) is 0 Å². The molecule has 1 fully saturated rings. The van der Waals surface area contributed by atoms with Crippen LogP contribution in [-0.2, 0) is 27.0 Å². The maximum atomic E-state index is 14.5. The first kappa shape index (κ1) is 21.8. The van der Waals surface area contributed by atoms with Gasteiger partial charge in [-0.2, -0.15) is 4.31 Å². The molecule has 166 valence electrons. The van der Waals surface area contributed by atoms with Crippen LogP contribution in [0.2, 0.25) is 0 Å². The molecule has 4 rings (SSSR count). The fourth-order valence-corrected chi connectivity index (χ4v) is 5.95. The van der Waals surface area contributed by atoms with Crippen molar-refractivity contribution in [3.63, 3.8) is 0 Å². The molecule has 31 heavy (non-hydrogen) atoms. The van der Waals surface area contributed by atoms with Gasteiger partial charge < -0.3 is 9.80 Å². The summed E-state index contributed by atoms with van der Waals surface area (Å²) in [7, 11) is -3.43. The average Bonchev–Trinajstić information content (AvgIpc) is 2.77. The standard InChI is InChI=1S/C23H28FN3O3S/c1-18-9-10-21(24)23-20(18)8-5-11-26(23)16-22(28)25-12-14-27(15-13-25)31(29,30)17-19-6-3-2-4-7-19/h2-4,6-7,9-10H,5,8,11-17H2,1H3. The second-order valence-electron chi connectivity index (χ2n) is 8.24. The van der Waals surface area contributed by atoms with Gasteiger partial charge in [0.25, 0.3) is 0 Å². The van der Waals surface area contributed by atoms with Crippen molar-refractivity contribution in [3.8, 4) is 0 Å². The summed E-state index contributed by atoms with van der Waals surface area (Å²) in [6.45, 7) is 4.00. The minimum absolute atomic E-state index is 0.0367. The van der Waals surface area contributed by atoms with Crippen molar-refractivity contribution in [1.29, 1.82) is 0 Å². The molecule has 6 nitrogen and oxygen atoms in total. The topological polar surface area (TPSA) is 60.9 Å². The van der Waals surface area contributed by atoms with Crippen LogP contribution in [0.1, 0.15) is 23.1 Å². The highest BCUT2D eigenvalue weighted by Gasteiger charge is 2.31. The van der Waals surface area contributed by atoms with Crippen molar-refractivity contribution < 1.29 is 17.6 Å². The third kappa shape index (κ3) is 4.75. The smallest absolute Gasteiger partial charge is 0.242 e. The number of sulfonamides is 1. The maximum Gasteiger partial charge on any atom is 0.242 e. The van der Waals surface area contributed by atoms with Crippen LogP contribution in [0, 0.1) is 12.7 Å². The number of rotatable bonds is 5. The summed E-state index contributed by atoms with van der Waals surface area (Å²) in [5, 5.41) is 0. The van der Waals surface area contributed by atoms with Crippen molar-refractivity contribution >= 4 is 21.6 Å². The van der Waals surface area contributed by atoms with E-state index in [-0.39, 0.29) is 37.1 Å². The molecule has 0 aliphatic carbocycles. The minimum atomic E-state index is -3.43. The van der Waals surface area contributed by atoms with Crippen molar-refractivity contribution in [2.45, 2.75) is 25.5 Å². The summed E-state index contributed by atoms with van der Waals surface area (Å²) in [6, 6.07) is 12.4. The Hall–Kier alpha value is -2.45. The van der Waals surface area contributed by atoms with Crippen LogP contribution in [0.5, 0.6) is 0 Å². The van der Waals surface area contributed by atoms with E-state index in [0.717, 1.165) is 29.5 Å². The summed E-state index contributed by atoms with van der Waals surface area (Å²) in [4.78, 5) is 16.4. The third-order valence-electron chi connectivity index (χ3n) is 6.14. The Bertz CT molecular complexity index is 1050. The van der Waals surface area contributed by atoms with Gasteiger partial charge in [0.05, 0.1) is 18.0 Å². The van der Waals surface area contributed by atoms with Crippen LogP contribution in [0.3, 0.4) is 0 Å². The molecule has 2 heterocycles. The number of carbonyl (C=O) groups is 1. The van der Waals surface area contributed by atoms with E-state index in [4.69, 9.17) is 0 Å². The van der Waals surface area contributed by atoms with Crippen molar-refractivity contribution in [2.24, 2.45) is 0 Å². The lowest BCUT2D eigenvalue weighted by Crippen LogP contribution is -2.53. The Kier molecular flexibility index (Phi) is 6.29. The third-order valence-corrected chi connectivity index (χ3v) is 7.99. The molecule has 2 aromatic rings. The van der Waals surface area contributed by atoms with Gasteiger partial charge in [-0.15, -0.1) is 0 Å². The van der Waals surface area contributed by atoms with Gasteiger partial charge in [-0.25, -0.2) is 12.8 Å². The molecule has 0 bridgehead atoms. The fourth-order valence-electron chi connectivity index (χ4n) is 4.44. The minimum Gasteiger partial charge on any atom is -0.360 e. The first-order valence-corrected chi connectivity index (χ1v) is 12.3. The molecule has 8 heteroatoms. The van der Waals surface area contributed by atoms with E-state index < -0.39 is 10.0 Å². The molecule has 0 N–H and O–H groups in total. The maximum absolute atomic E-state index is 14.5. The zero-order valence-corrected chi connectivity index (χ0v) is 18.6. The molecule has 0 aromatic heterocycles. The Labute approximate surface area is 183 Å². The zero-order chi connectivity index (χ0) is 22.0. The van der Waals surface area contributed by atoms with E-state index >= 15 is 0 Å². The number of halogens is 1. The Morgan fingerprint density at radius 2 is 1.71 bits per heavy atom. The summed E-state index contributed by atoms with van der Waals surface area (Å²) < 4.78 is 41.4. The molecule has 0 saturated carbocycles. The lowest BCUT2D eigenvalue weighted by Gasteiger charge is -2.37. The van der Waals surface area contributed by atoms with Crippen LogP contribution in [-0.4, -0.2) is 62.8 Å². The molecular formula is C23H28FN3O3S. The van der Waals surface area contributed by atoms with Crippen molar-refractivity contribution in [1.82, 2.24) is 9.21 Å². The highest BCUT2D eigenvalue weighted by atomic mass is 32.2. The summed E-state index contributed by atoms with van der Waals surface area (Å²) in [5.41, 5.74) is 3.33. The molecule has 0 spiro atoms. The average molecular weight is 446 g/mol. The molecule has 0 unspecified atom stereocenters. The molecule has 2 aliphatic rings. The number of piperazine rings is 1. The van der Waals surface area contributed by atoms with Crippen LogP contribution < -0.4 is 4.90 Å². The van der Waals surface area contributed by atoms with E-state index in [0.29, 0.717) is 25.3 Å². The monoisotopic (exact) mass is 445 g/mol. The van der Waals surface area contributed by atoms with Crippen LogP contribution >= 0.6 is 0 Å². The summed E-state index contributed by atoms with van der Waals surface area (Å²) in [6.07, 6.45) is 1.71. The van der Waals surface area contributed by atoms with Crippen LogP contribution in [0.15, 0.2) is 42.5 Å². The van der Waals surface area contributed by atoms with E-state index in [1.54, 1.807) is 23.1 Å². The molecule has 0 atom stereocenters. The molecule has 0 radical (unpaired) electrons. The molecule has 2 aliphatic heterocycles. The number of anilines is 1. The predicted molar refractivity (Wildman–Crippen MR) is 119 cm³/mol. The number of hydrogen-bond donors (Lipinski definition) is 0. The number of benzene rings is 2. The lowest BCUT2D eigenvalue weighted by molar-refractivity contribution is -0.130. The van der Waals surface area contributed by atoms with E-state index in [1.165, 1.54) is 10.4 Å². The predicted octanol–water partition coefficient (Wildman–Crippen LogP) is 2.56. The largest absolute Gasteiger partial charge is 0.360 e. The van der Waals surface area contributed by atoms with Gasteiger partial charge in [0.2, 0.25) is 15.9 Å². The second kappa shape index (κ2) is 8.96. The van der Waals surface area contributed by atoms with E-state index in [2.05, 4.69) is 0 Å². The van der Waals surface area contributed by atoms with Crippen LogP contribution in [0.4, 0.5) is 10.1 Å². The Morgan fingerprint density at radius 1 is 1.00 bits per heavy atom. The number of carbonyl (C=O) groups excluding carboxylic acids is 1. The van der Waals surface area contributed by atoms with Gasteiger partial charge >= 0.3 is 0 Å². The number of fused-ring (bicyclic) bond motifs is 1. The lowest BCUT2D eigenvalue weighted by atomic mass is 9.96. The molecule has 1 saturated heterocycles. The van der Waals surface area contributed by atoms with Crippen molar-refractivity contribution in [3.05, 3.63) is 65.0 Å². The second-order valence-corrected chi connectivity index (χ2v) is 10.2. The number of amides is 1. The van der Waals surface area contributed by atoms with Gasteiger partial charge in [-0.1, -0.05) is 36.4 Å². The summed E-state index contributed by atoms with van der Waals surface area (Å²) >= 11 is 0. The van der Waals surface area contributed by atoms with E-state index in [1.807, 2.05) is 30.0 Å². The van der Waals surface area contributed by atoms with Gasteiger partial charge in [0, 0.05) is 32.7 Å². The number of aryl methyl sites for hydroxylation is 1. The highest BCUT2D eigenvalue weighted by Crippen LogP contribution is 2.32. The van der Waals surface area contributed by atoms with Gasteiger partial charge in [0.1, 0.15) is 5.82 Å². The van der Waals surface area contributed by atoms with Gasteiger partial charge in [-0.3, -0.25) is 4.79 Å². The SMILES string of the molecule is Cc1ccc(F)c2c1CCCN2CC(=O)N1CCN(S(=O)(=O)Cc2ccccc2)CC1. The molecule has 2 aromatic carbocycles. The highest BCUT2D eigenvalue weighted by molar-refractivity contribution is 7.88. The van der Waals surface area contributed by atoms with Crippen molar-refractivity contribution in [2.75, 3.05) is 44.2 Å². The Balaban J connectivity index is 1.37. The first-order chi connectivity index (χ1) is 14.8. The quantitative estimate of drug-likeness (QED) is 0.710. The molecular weight excluding hydrogens is 417 g/mol.